The van der Waals surface area contributed by atoms with E-state index in [0.717, 1.165) is 22.6 Å². The lowest BCUT2D eigenvalue weighted by Crippen LogP contribution is -2.20. The Kier molecular flexibility index (Phi) is 6.63. The Balaban J connectivity index is 1.50. The third kappa shape index (κ3) is 5.43. The number of ether oxygens (including phenoxy) is 2. The number of pyridine rings is 1. The van der Waals surface area contributed by atoms with Crippen LogP contribution in [0, 0.1) is 0 Å². The molecule has 32 heavy (non-hydrogen) atoms. The largest absolute Gasteiger partial charge is 0.495 e. The maximum absolute atomic E-state index is 12.4. The highest BCUT2D eigenvalue weighted by atomic mass is 16.5. The number of hydrogen-bond acceptors (Lipinski definition) is 5. The van der Waals surface area contributed by atoms with Crippen molar-refractivity contribution in [3.63, 3.8) is 0 Å². The number of carbonyl (C=O) groups excluding carboxylic acids is 1. The number of nitrogens with zero attached hydrogens (tertiary/aromatic N) is 1. The van der Waals surface area contributed by atoms with Gasteiger partial charge in [-0.3, -0.25) is 4.79 Å². The number of hydrogen-bond donors (Lipinski definition) is 2. The average Bonchev–Trinajstić information content (AvgIpc) is 2.84. The molecule has 0 aliphatic rings. The third-order valence-electron chi connectivity index (χ3n) is 4.73. The van der Waals surface area contributed by atoms with E-state index in [4.69, 9.17) is 9.47 Å². The van der Waals surface area contributed by atoms with Gasteiger partial charge in [0.1, 0.15) is 17.3 Å². The molecule has 0 spiro atoms. The first-order chi connectivity index (χ1) is 15.7. The zero-order valence-electron chi connectivity index (χ0n) is 17.6. The van der Waals surface area contributed by atoms with Crippen molar-refractivity contribution in [2.24, 2.45) is 0 Å². The first-order valence-electron chi connectivity index (χ1n) is 10.2. The molecule has 6 nitrogen and oxygen atoms in total. The van der Waals surface area contributed by atoms with E-state index in [-0.39, 0.29) is 12.5 Å². The summed E-state index contributed by atoms with van der Waals surface area (Å²) in [5.74, 6) is 1.66. The molecule has 1 heterocycles. The second kappa shape index (κ2) is 10.1. The normalized spacial score (nSPS) is 10.3. The van der Waals surface area contributed by atoms with E-state index in [1.165, 1.54) is 0 Å². The van der Waals surface area contributed by atoms with Crippen molar-refractivity contribution in [2.45, 2.75) is 0 Å². The molecule has 1 amide bonds. The van der Waals surface area contributed by atoms with Gasteiger partial charge in [0.2, 0.25) is 0 Å². The fourth-order valence-corrected chi connectivity index (χ4v) is 3.18. The SMILES string of the molecule is COc1ccc(-c2ccnc(Nc3ccccc3)c2)cc1NC(=O)COc1ccccc1. The van der Waals surface area contributed by atoms with Crippen LogP contribution >= 0.6 is 0 Å². The Morgan fingerprint density at radius 1 is 0.875 bits per heavy atom. The second-order valence-electron chi connectivity index (χ2n) is 6.99. The Labute approximate surface area is 186 Å². The van der Waals surface area contributed by atoms with E-state index in [1.807, 2.05) is 78.9 Å². The van der Waals surface area contributed by atoms with E-state index in [2.05, 4.69) is 15.6 Å². The summed E-state index contributed by atoms with van der Waals surface area (Å²) in [5, 5.41) is 6.17. The Hall–Kier alpha value is -4.32. The standard InChI is InChI=1S/C26H23N3O3/c1-31-24-13-12-19(16-23(24)29-26(30)18-32-22-10-6-3-7-11-22)20-14-15-27-25(17-20)28-21-8-4-2-5-9-21/h2-17H,18H2,1H3,(H,27,28)(H,29,30). The summed E-state index contributed by atoms with van der Waals surface area (Å²) in [6.45, 7) is -0.0994. The van der Waals surface area contributed by atoms with Crippen molar-refractivity contribution in [2.75, 3.05) is 24.4 Å². The summed E-state index contributed by atoms with van der Waals surface area (Å²) in [7, 11) is 1.57. The molecule has 6 heteroatoms. The zero-order valence-corrected chi connectivity index (χ0v) is 17.6. The summed E-state index contributed by atoms with van der Waals surface area (Å²) in [6, 6.07) is 28.6. The van der Waals surface area contributed by atoms with Gasteiger partial charge in [-0.1, -0.05) is 42.5 Å². The minimum Gasteiger partial charge on any atom is -0.495 e. The molecule has 4 rings (SSSR count). The highest BCUT2D eigenvalue weighted by Gasteiger charge is 2.11. The van der Waals surface area contributed by atoms with Gasteiger partial charge in [-0.05, 0) is 59.7 Å². The van der Waals surface area contributed by atoms with E-state index < -0.39 is 0 Å². The minimum atomic E-state index is -0.273. The number of carbonyl (C=O) groups is 1. The molecule has 0 saturated heterocycles. The third-order valence-corrected chi connectivity index (χ3v) is 4.73. The molecule has 2 N–H and O–H groups in total. The first-order valence-corrected chi connectivity index (χ1v) is 10.2. The minimum absolute atomic E-state index is 0.0994. The van der Waals surface area contributed by atoms with Gasteiger partial charge in [-0.2, -0.15) is 0 Å². The molecular weight excluding hydrogens is 402 g/mol. The Morgan fingerprint density at radius 3 is 2.34 bits per heavy atom. The summed E-state index contributed by atoms with van der Waals surface area (Å²) < 4.78 is 11.0. The van der Waals surface area contributed by atoms with Crippen LogP contribution in [0.15, 0.2) is 97.2 Å². The summed E-state index contributed by atoms with van der Waals surface area (Å²) in [5.41, 5.74) is 3.40. The van der Waals surface area contributed by atoms with Crippen LogP contribution in [-0.2, 0) is 4.79 Å². The topological polar surface area (TPSA) is 72.5 Å². The lowest BCUT2D eigenvalue weighted by molar-refractivity contribution is -0.118. The number of aromatic nitrogens is 1. The molecule has 3 aromatic carbocycles. The molecule has 0 saturated carbocycles. The van der Waals surface area contributed by atoms with Gasteiger partial charge in [0.15, 0.2) is 6.61 Å². The Morgan fingerprint density at radius 2 is 1.59 bits per heavy atom. The number of methoxy groups -OCH3 is 1. The van der Waals surface area contributed by atoms with Gasteiger partial charge in [0.25, 0.3) is 5.91 Å². The van der Waals surface area contributed by atoms with Gasteiger partial charge in [-0.15, -0.1) is 0 Å². The number of rotatable bonds is 8. The predicted molar refractivity (Wildman–Crippen MR) is 127 cm³/mol. The van der Waals surface area contributed by atoms with Crippen LogP contribution in [0.4, 0.5) is 17.2 Å². The molecule has 0 bridgehead atoms. The van der Waals surface area contributed by atoms with Gasteiger partial charge in [0, 0.05) is 11.9 Å². The van der Waals surface area contributed by atoms with Crippen LogP contribution in [0.25, 0.3) is 11.1 Å². The fourth-order valence-electron chi connectivity index (χ4n) is 3.18. The molecule has 0 radical (unpaired) electrons. The van der Waals surface area contributed by atoms with Crippen LogP contribution in [0.5, 0.6) is 11.5 Å². The van der Waals surface area contributed by atoms with Crippen molar-refractivity contribution in [3.8, 4) is 22.6 Å². The van der Waals surface area contributed by atoms with Crippen molar-refractivity contribution in [1.82, 2.24) is 4.98 Å². The number of amides is 1. The van der Waals surface area contributed by atoms with Gasteiger partial charge >= 0.3 is 0 Å². The molecule has 0 atom stereocenters. The molecule has 0 aliphatic carbocycles. The van der Waals surface area contributed by atoms with Crippen molar-refractivity contribution in [3.05, 3.63) is 97.2 Å². The molecule has 0 unspecified atom stereocenters. The molecule has 0 fully saturated rings. The van der Waals surface area contributed by atoms with Gasteiger partial charge in [-0.25, -0.2) is 4.98 Å². The van der Waals surface area contributed by atoms with E-state index in [0.29, 0.717) is 17.2 Å². The molecule has 4 aromatic rings. The van der Waals surface area contributed by atoms with E-state index in [1.54, 1.807) is 25.4 Å². The van der Waals surface area contributed by atoms with Crippen molar-refractivity contribution >= 4 is 23.1 Å². The van der Waals surface area contributed by atoms with E-state index in [9.17, 15) is 4.79 Å². The molecule has 1 aromatic heterocycles. The lowest BCUT2D eigenvalue weighted by atomic mass is 10.1. The van der Waals surface area contributed by atoms with Crippen LogP contribution in [0.2, 0.25) is 0 Å². The monoisotopic (exact) mass is 425 g/mol. The number of anilines is 3. The number of nitrogens with one attached hydrogen (secondary N) is 2. The van der Waals surface area contributed by atoms with Crippen molar-refractivity contribution in [1.29, 1.82) is 0 Å². The molecular formula is C26H23N3O3. The summed E-state index contributed by atoms with van der Waals surface area (Å²) >= 11 is 0. The smallest absolute Gasteiger partial charge is 0.262 e. The summed E-state index contributed by atoms with van der Waals surface area (Å²) in [6.07, 6.45) is 1.75. The first kappa shape index (κ1) is 20.9. The zero-order chi connectivity index (χ0) is 22.2. The Bertz CT molecular complexity index is 1180. The van der Waals surface area contributed by atoms with Gasteiger partial charge in [0.05, 0.1) is 12.8 Å². The number of benzene rings is 3. The van der Waals surface area contributed by atoms with E-state index >= 15 is 0 Å². The molecule has 0 aliphatic heterocycles. The second-order valence-corrected chi connectivity index (χ2v) is 6.99. The lowest BCUT2D eigenvalue weighted by Gasteiger charge is -2.13. The molecule has 160 valence electrons. The highest BCUT2D eigenvalue weighted by Crippen LogP contribution is 2.31. The van der Waals surface area contributed by atoms with Crippen molar-refractivity contribution < 1.29 is 14.3 Å². The van der Waals surface area contributed by atoms with Gasteiger partial charge < -0.3 is 20.1 Å². The predicted octanol–water partition coefficient (Wildman–Crippen LogP) is 5.52. The summed E-state index contributed by atoms with van der Waals surface area (Å²) in [4.78, 5) is 16.8. The van der Waals surface area contributed by atoms with Crippen LogP contribution in [0.1, 0.15) is 0 Å². The fraction of sp³-hybridized carbons (Fsp3) is 0.0769. The van der Waals surface area contributed by atoms with Crippen LogP contribution < -0.4 is 20.1 Å². The van der Waals surface area contributed by atoms with Crippen LogP contribution in [-0.4, -0.2) is 24.6 Å². The maximum atomic E-state index is 12.4. The highest BCUT2D eigenvalue weighted by molar-refractivity contribution is 5.94. The van der Waals surface area contributed by atoms with Crippen LogP contribution in [0.3, 0.4) is 0 Å². The number of para-hydroxylation sites is 2. The quantitative estimate of drug-likeness (QED) is 0.389. The average molecular weight is 425 g/mol. The maximum Gasteiger partial charge on any atom is 0.262 e.